The molecule has 1 fully saturated rings. The van der Waals surface area contributed by atoms with Gasteiger partial charge in [0.15, 0.2) is 5.82 Å². The van der Waals surface area contributed by atoms with Gasteiger partial charge in [-0.15, -0.1) is 10.2 Å². The van der Waals surface area contributed by atoms with E-state index in [-0.39, 0.29) is 0 Å². The van der Waals surface area contributed by atoms with Crippen molar-refractivity contribution in [3.8, 4) is 11.4 Å². The van der Waals surface area contributed by atoms with Gasteiger partial charge in [-0.1, -0.05) is 43.7 Å². The molecular weight excluding hydrogens is 246 g/mol. The predicted molar refractivity (Wildman–Crippen MR) is 72.4 cm³/mol. The van der Waals surface area contributed by atoms with Crippen LogP contribution in [0.4, 0.5) is 0 Å². The molecule has 0 N–H and O–H groups in total. The van der Waals surface area contributed by atoms with E-state index in [1.165, 1.54) is 19.3 Å². The van der Waals surface area contributed by atoms with Crippen molar-refractivity contribution >= 4 is 11.6 Å². The second-order valence-corrected chi connectivity index (χ2v) is 5.75. The first-order valence-corrected chi connectivity index (χ1v) is 6.70. The standard InChI is InChI=1S/C14H16ClN3/c1-14(8-5-9-14)10-18-12(16-17-13(18)15)11-6-3-2-4-7-11/h2-4,6-7H,5,8-10H2,1H3. The zero-order valence-corrected chi connectivity index (χ0v) is 11.2. The zero-order chi connectivity index (χ0) is 12.6. The number of hydrogen-bond donors (Lipinski definition) is 0. The van der Waals surface area contributed by atoms with Gasteiger partial charge in [-0.05, 0) is 29.9 Å². The number of rotatable bonds is 3. The van der Waals surface area contributed by atoms with E-state index >= 15 is 0 Å². The Morgan fingerprint density at radius 1 is 1.22 bits per heavy atom. The Hall–Kier alpha value is -1.35. The number of hydrogen-bond acceptors (Lipinski definition) is 2. The largest absolute Gasteiger partial charge is 0.297 e. The fourth-order valence-electron chi connectivity index (χ4n) is 2.55. The van der Waals surface area contributed by atoms with Crippen LogP contribution in [0.25, 0.3) is 11.4 Å². The third kappa shape index (κ3) is 2.03. The first kappa shape index (κ1) is 11.7. The highest BCUT2D eigenvalue weighted by atomic mass is 35.5. The van der Waals surface area contributed by atoms with E-state index in [9.17, 15) is 0 Å². The molecule has 0 atom stereocenters. The lowest BCUT2D eigenvalue weighted by molar-refractivity contribution is 0.133. The van der Waals surface area contributed by atoms with Crippen molar-refractivity contribution in [2.45, 2.75) is 32.7 Å². The Bertz CT molecular complexity index is 543. The summed E-state index contributed by atoms with van der Waals surface area (Å²) in [5.74, 6) is 0.869. The average Bonchev–Trinajstić information content (AvgIpc) is 2.70. The van der Waals surface area contributed by atoms with Gasteiger partial charge in [0.2, 0.25) is 5.28 Å². The molecule has 3 rings (SSSR count). The molecule has 0 aliphatic heterocycles. The van der Waals surface area contributed by atoms with Crippen molar-refractivity contribution < 1.29 is 0 Å². The lowest BCUT2D eigenvalue weighted by Gasteiger charge is -2.38. The maximum atomic E-state index is 6.17. The van der Waals surface area contributed by atoms with Crippen LogP contribution < -0.4 is 0 Å². The minimum Gasteiger partial charge on any atom is -0.297 e. The summed E-state index contributed by atoms with van der Waals surface area (Å²) in [6, 6.07) is 10.1. The fourth-order valence-corrected chi connectivity index (χ4v) is 2.72. The molecule has 1 aromatic carbocycles. The van der Waals surface area contributed by atoms with Crippen LogP contribution in [-0.4, -0.2) is 14.8 Å². The van der Waals surface area contributed by atoms with E-state index in [1.54, 1.807) is 0 Å². The zero-order valence-electron chi connectivity index (χ0n) is 10.4. The lowest BCUT2D eigenvalue weighted by atomic mass is 9.70. The first-order chi connectivity index (χ1) is 8.68. The van der Waals surface area contributed by atoms with Crippen LogP contribution in [0.5, 0.6) is 0 Å². The average molecular weight is 262 g/mol. The van der Waals surface area contributed by atoms with Crippen molar-refractivity contribution in [2.24, 2.45) is 5.41 Å². The van der Waals surface area contributed by atoms with Gasteiger partial charge in [0, 0.05) is 12.1 Å². The first-order valence-electron chi connectivity index (χ1n) is 6.32. The van der Waals surface area contributed by atoms with Crippen molar-refractivity contribution in [3.63, 3.8) is 0 Å². The monoisotopic (exact) mass is 261 g/mol. The Balaban J connectivity index is 1.96. The van der Waals surface area contributed by atoms with Gasteiger partial charge in [0.25, 0.3) is 0 Å². The van der Waals surface area contributed by atoms with Crippen molar-refractivity contribution in [1.29, 1.82) is 0 Å². The molecule has 0 amide bonds. The van der Waals surface area contributed by atoms with Gasteiger partial charge in [0.05, 0.1) is 0 Å². The molecule has 94 valence electrons. The summed E-state index contributed by atoms with van der Waals surface area (Å²) in [4.78, 5) is 0. The van der Waals surface area contributed by atoms with Crippen LogP contribution in [0.1, 0.15) is 26.2 Å². The quantitative estimate of drug-likeness (QED) is 0.842. The second-order valence-electron chi connectivity index (χ2n) is 5.41. The number of benzene rings is 1. The minimum atomic E-state index is 0.357. The predicted octanol–water partition coefficient (Wildman–Crippen LogP) is 3.79. The summed E-state index contributed by atoms with van der Waals surface area (Å²) in [7, 11) is 0. The fraction of sp³-hybridized carbons (Fsp3) is 0.429. The van der Waals surface area contributed by atoms with Gasteiger partial charge in [-0.25, -0.2) is 0 Å². The molecule has 0 bridgehead atoms. The molecule has 1 saturated carbocycles. The third-order valence-electron chi connectivity index (χ3n) is 3.84. The smallest absolute Gasteiger partial charge is 0.225 e. The summed E-state index contributed by atoms with van der Waals surface area (Å²) < 4.78 is 2.04. The molecule has 0 unspecified atom stereocenters. The molecule has 4 heteroatoms. The molecule has 1 heterocycles. The molecule has 1 aromatic heterocycles. The minimum absolute atomic E-state index is 0.357. The van der Waals surface area contributed by atoms with Gasteiger partial charge >= 0.3 is 0 Å². The molecular formula is C14H16ClN3. The highest BCUT2D eigenvalue weighted by Crippen LogP contribution is 2.42. The van der Waals surface area contributed by atoms with Crippen molar-refractivity contribution in [1.82, 2.24) is 14.8 Å². The van der Waals surface area contributed by atoms with Gasteiger partial charge in [-0.3, -0.25) is 4.57 Å². The number of aromatic nitrogens is 3. The molecule has 18 heavy (non-hydrogen) atoms. The van der Waals surface area contributed by atoms with Crippen LogP contribution in [0.3, 0.4) is 0 Å². The van der Waals surface area contributed by atoms with Crippen molar-refractivity contribution in [3.05, 3.63) is 35.6 Å². The summed E-state index contributed by atoms with van der Waals surface area (Å²) >= 11 is 6.17. The summed E-state index contributed by atoms with van der Waals surface area (Å²) in [5.41, 5.74) is 1.43. The van der Waals surface area contributed by atoms with Crippen LogP contribution in [0.2, 0.25) is 5.28 Å². The lowest BCUT2D eigenvalue weighted by Crippen LogP contribution is -2.31. The Kier molecular flexibility index (Phi) is 2.86. The molecule has 0 saturated heterocycles. The van der Waals surface area contributed by atoms with E-state index < -0.39 is 0 Å². The summed E-state index contributed by atoms with van der Waals surface area (Å²) in [6.45, 7) is 3.21. The molecule has 1 aliphatic carbocycles. The van der Waals surface area contributed by atoms with E-state index in [4.69, 9.17) is 11.6 Å². The second kappa shape index (κ2) is 4.39. The maximum Gasteiger partial charge on any atom is 0.225 e. The molecule has 0 radical (unpaired) electrons. The topological polar surface area (TPSA) is 30.7 Å². The Morgan fingerprint density at radius 3 is 2.56 bits per heavy atom. The molecule has 0 spiro atoms. The van der Waals surface area contributed by atoms with Gasteiger partial charge in [-0.2, -0.15) is 0 Å². The summed E-state index contributed by atoms with van der Waals surface area (Å²) in [5, 5.41) is 8.71. The Labute approximate surface area is 112 Å². The van der Waals surface area contributed by atoms with Gasteiger partial charge < -0.3 is 0 Å². The Morgan fingerprint density at radius 2 is 1.94 bits per heavy atom. The van der Waals surface area contributed by atoms with Crippen LogP contribution in [0.15, 0.2) is 30.3 Å². The van der Waals surface area contributed by atoms with Crippen LogP contribution >= 0.6 is 11.6 Å². The highest BCUT2D eigenvalue weighted by Gasteiger charge is 2.33. The maximum absolute atomic E-state index is 6.17. The molecule has 2 aromatic rings. The normalized spacial score (nSPS) is 17.4. The highest BCUT2D eigenvalue weighted by molar-refractivity contribution is 6.28. The number of halogens is 1. The summed E-state index contributed by atoms with van der Waals surface area (Å²) in [6.07, 6.45) is 3.84. The van der Waals surface area contributed by atoms with E-state index in [2.05, 4.69) is 17.1 Å². The third-order valence-corrected chi connectivity index (χ3v) is 4.12. The van der Waals surface area contributed by atoms with E-state index in [0.29, 0.717) is 10.7 Å². The van der Waals surface area contributed by atoms with Gasteiger partial charge in [0.1, 0.15) is 0 Å². The molecule has 3 nitrogen and oxygen atoms in total. The van der Waals surface area contributed by atoms with Crippen LogP contribution in [0, 0.1) is 5.41 Å². The SMILES string of the molecule is CC1(Cn2c(Cl)nnc2-c2ccccc2)CCC1. The van der Waals surface area contributed by atoms with E-state index in [0.717, 1.165) is 17.9 Å². The van der Waals surface area contributed by atoms with Crippen LogP contribution in [-0.2, 0) is 6.54 Å². The van der Waals surface area contributed by atoms with Crippen molar-refractivity contribution in [2.75, 3.05) is 0 Å². The molecule has 1 aliphatic rings. The number of nitrogens with zero attached hydrogens (tertiary/aromatic N) is 3. The van der Waals surface area contributed by atoms with E-state index in [1.807, 2.05) is 34.9 Å².